The zero-order valence-electron chi connectivity index (χ0n) is 12.2. The Bertz CT molecular complexity index is 282. The van der Waals surface area contributed by atoms with E-state index in [1.165, 1.54) is 38.5 Å². The number of hydrogen-bond acceptors (Lipinski definition) is 3. The lowest BCUT2D eigenvalue weighted by atomic mass is 9.87. The molecule has 1 unspecified atom stereocenters. The second-order valence-electron chi connectivity index (χ2n) is 6.23. The molecule has 1 amide bonds. The average molecular weight is 268 g/mol. The summed E-state index contributed by atoms with van der Waals surface area (Å²) in [5.41, 5.74) is -0.0308. The van der Waals surface area contributed by atoms with Crippen molar-refractivity contribution in [1.82, 2.24) is 10.6 Å². The summed E-state index contributed by atoms with van der Waals surface area (Å²) in [7, 11) is 1.73. The van der Waals surface area contributed by atoms with Crippen LogP contribution in [0.15, 0.2) is 0 Å². The van der Waals surface area contributed by atoms with Crippen molar-refractivity contribution in [3.8, 4) is 0 Å². The van der Waals surface area contributed by atoms with E-state index in [0.29, 0.717) is 25.5 Å². The number of methoxy groups -OCH3 is 1. The van der Waals surface area contributed by atoms with E-state index < -0.39 is 0 Å². The molecular weight excluding hydrogens is 240 g/mol. The van der Waals surface area contributed by atoms with Gasteiger partial charge in [0.25, 0.3) is 0 Å². The first-order valence-corrected chi connectivity index (χ1v) is 7.75. The first kappa shape index (κ1) is 14.8. The largest absolute Gasteiger partial charge is 0.383 e. The van der Waals surface area contributed by atoms with Gasteiger partial charge in [-0.1, -0.05) is 19.3 Å². The Hall–Kier alpha value is -0.610. The van der Waals surface area contributed by atoms with E-state index in [1.807, 2.05) is 0 Å². The molecule has 110 valence electrons. The SMILES string of the molecule is COCC1(CNC(=O)CC2CCCCC2)CCCN1. The van der Waals surface area contributed by atoms with Crippen LogP contribution in [-0.2, 0) is 9.53 Å². The number of amides is 1. The maximum atomic E-state index is 12.0. The van der Waals surface area contributed by atoms with Crippen LogP contribution < -0.4 is 10.6 Å². The third kappa shape index (κ3) is 4.46. The van der Waals surface area contributed by atoms with Gasteiger partial charge in [-0.05, 0) is 38.1 Å². The predicted octanol–water partition coefficient (Wildman–Crippen LogP) is 1.84. The maximum Gasteiger partial charge on any atom is 0.220 e. The van der Waals surface area contributed by atoms with E-state index in [1.54, 1.807) is 7.11 Å². The van der Waals surface area contributed by atoms with E-state index in [2.05, 4.69) is 10.6 Å². The highest BCUT2D eigenvalue weighted by Gasteiger charge is 2.33. The summed E-state index contributed by atoms with van der Waals surface area (Å²) in [6.45, 7) is 2.41. The van der Waals surface area contributed by atoms with Crippen molar-refractivity contribution < 1.29 is 9.53 Å². The molecule has 1 aliphatic carbocycles. The minimum absolute atomic E-state index is 0.0308. The molecule has 0 aromatic heterocycles. The van der Waals surface area contributed by atoms with Gasteiger partial charge in [0.2, 0.25) is 5.91 Å². The van der Waals surface area contributed by atoms with Crippen LogP contribution in [-0.4, -0.2) is 38.3 Å². The van der Waals surface area contributed by atoms with Crippen LogP contribution in [0.2, 0.25) is 0 Å². The molecule has 2 rings (SSSR count). The highest BCUT2D eigenvalue weighted by atomic mass is 16.5. The molecule has 0 radical (unpaired) electrons. The van der Waals surface area contributed by atoms with Crippen LogP contribution in [0.5, 0.6) is 0 Å². The molecule has 0 aromatic carbocycles. The number of rotatable bonds is 6. The molecule has 1 heterocycles. The molecule has 2 fully saturated rings. The summed E-state index contributed by atoms with van der Waals surface area (Å²) in [5, 5.41) is 6.61. The van der Waals surface area contributed by atoms with E-state index in [-0.39, 0.29) is 11.4 Å². The van der Waals surface area contributed by atoms with Crippen molar-refractivity contribution >= 4 is 5.91 Å². The predicted molar refractivity (Wildman–Crippen MR) is 76.0 cm³/mol. The van der Waals surface area contributed by atoms with Crippen molar-refractivity contribution in [1.29, 1.82) is 0 Å². The van der Waals surface area contributed by atoms with E-state index in [0.717, 1.165) is 13.0 Å². The highest BCUT2D eigenvalue weighted by Crippen LogP contribution is 2.26. The normalized spacial score (nSPS) is 28.5. The van der Waals surface area contributed by atoms with Crippen LogP contribution in [0.3, 0.4) is 0 Å². The Balaban J connectivity index is 1.72. The number of carbonyl (C=O) groups is 1. The van der Waals surface area contributed by atoms with Crippen molar-refractivity contribution in [2.45, 2.75) is 56.9 Å². The van der Waals surface area contributed by atoms with Crippen molar-refractivity contribution in [2.24, 2.45) is 5.92 Å². The summed E-state index contributed by atoms with van der Waals surface area (Å²) in [5.74, 6) is 0.833. The second kappa shape index (κ2) is 7.25. The van der Waals surface area contributed by atoms with Crippen LogP contribution in [0.1, 0.15) is 51.4 Å². The number of nitrogens with one attached hydrogen (secondary N) is 2. The molecule has 1 aliphatic heterocycles. The molecule has 2 N–H and O–H groups in total. The van der Waals surface area contributed by atoms with Crippen LogP contribution >= 0.6 is 0 Å². The molecule has 19 heavy (non-hydrogen) atoms. The van der Waals surface area contributed by atoms with Gasteiger partial charge in [0.1, 0.15) is 0 Å². The Morgan fingerprint density at radius 1 is 1.32 bits per heavy atom. The van der Waals surface area contributed by atoms with Crippen LogP contribution in [0.4, 0.5) is 0 Å². The molecule has 4 nitrogen and oxygen atoms in total. The van der Waals surface area contributed by atoms with Gasteiger partial charge < -0.3 is 15.4 Å². The molecule has 2 aliphatic rings. The van der Waals surface area contributed by atoms with Crippen molar-refractivity contribution in [2.75, 3.05) is 26.8 Å². The first-order valence-electron chi connectivity index (χ1n) is 7.75. The van der Waals surface area contributed by atoms with Crippen LogP contribution in [0, 0.1) is 5.92 Å². The zero-order chi connectivity index (χ0) is 13.6. The van der Waals surface area contributed by atoms with E-state index >= 15 is 0 Å². The quantitative estimate of drug-likeness (QED) is 0.773. The zero-order valence-corrected chi connectivity index (χ0v) is 12.2. The van der Waals surface area contributed by atoms with Crippen LogP contribution in [0.25, 0.3) is 0 Å². The fraction of sp³-hybridized carbons (Fsp3) is 0.933. The lowest BCUT2D eigenvalue weighted by Gasteiger charge is -2.29. The fourth-order valence-electron chi connectivity index (χ4n) is 3.46. The molecule has 0 spiro atoms. The standard InChI is InChI=1S/C15H28N2O2/c1-19-12-15(8-5-9-17-15)11-16-14(18)10-13-6-3-2-4-7-13/h13,17H,2-12H2,1H3,(H,16,18). The van der Waals surface area contributed by atoms with Gasteiger partial charge in [-0.2, -0.15) is 0 Å². The molecular formula is C15H28N2O2. The Labute approximate surface area is 116 Å². The molecule has 1 saturated carbocycles. The topological polar surface area (TPSA) is 50.4 Å². The first-order chi connectivity index (χ1) is 9.24. The monoisotopic (exact) mass is 268 g/mol. The van der Waals surface area contributed by atoms with E-state index in [4.69, 9.17) is 4.74 Å². The molecule has 0 bridgehead atoms. The van der Waals surface area contributed by atoms with Gasteiger partial charge in [-0.25, -0.2) is 0 Å². The fourth-order valence-corrected chi connectivity index (χ4v) is 3.46. The van der Waals surface area contributed by atoms with E-state index in [9.17, 15) is 4.79 Å². The minimum atomic E-state index is -0.0308. The number of carbonyl (C=O) groups excluding carboxylic acids is 1. The van der Waals surface area contributed by atoms with Gasteiger partial charge >= 0.3 is 0 Å². The molecule has 4 heteroatoms. The lowest BCUT2D eigenvalue weighted by Crippen LogP contribution is -2.53. The van der Waals surface area contributed by atoms with Gasteiger partial charge in [-0.3, -0.25) is 4.79 Å². The molecule has 1 saturated heterocycles. The maximum absolute atomic E-state index is 12.0. The summed E-state index contributed by atoms with van der Waals surface area (Å²) in [6.07, 6.45) is 9.37. The molecule has 1 atom stereocenters. The molecule has 0 aromatic rings. The number of ether oxygens (including phenoxy) is 1. The summed E-state index contributed by atoms with van der Waals surface area (Å²) in [4.78, 5) is 12.0. The summed E-state index contributed by atoms with van der Waals surface area (Å²) < 4.78 is 5.30. The van der Waals surface area contributed by atoms with Gasteiger partial charge in [-0.15, -0.1) is 0 Å². The van der Waals surface area contributed by atoms with Crippen molar-refractivity contribution in [3.05, 3.63) is 0 Å². The minimum Gasteiger partial charge on any atom is -0.383 e. The smallest absolute Gasteiger partial charge is 0.220 e. The lowest BCUT2D eigenvalue weighted by molar-refractivity contribution is -0.122. The third-order valence-corrected chi connectivity index (χ3v) is 4.58. The summed E-state index contributed by atoms with van der Waals surface area (Å²) in [6, 6.07) is 0. The number of hydrogen-bond donors (Lipinski definition) is 2. The Morgan fingerprint density at radius 3 is 2.74 bits per heavy atom. The average Bonchev–Trinajstić information content (AvgIpc) is 2.87. The van der Waals surface area contributed by atoms with Gasteiger partial charge in [0.05, 0.1) is 12.1 Å². The van der Waals surface area contributed by atoms with Gasteiger partial charge in [0.15, 0.2) is 0 Å². The Morgan fingerprint density at radius 2 is 2.11 bits per heavy atom. The summed E-state index contributed by atoms with van der Waals surface area (Å²) >= 11 is 0. The Kier molecular flexibility index (Phi) is 5.64. The second-order valence-corrected chi connectivity index (χ2v) is 6.23. The van der Waals surface area contributed by atoms with Crippen molar-refractivity contribution in [3.63, 3.8) is 0 Å². The highest BCUT2D eigenvalue weighted by molar-refractivity contribution is 5.76. The van der Waals surface area contributed by atoms with Gasteiger partial charge in [0, 0.05) is 20.1 Å². The third-order valence-electron chi connectivity index (χ3n) is 4.58.